The number of carbonyl (C=O) groups excluding carboxylic acids is 2. The summed E-state index contributed by atoms with van der Waals surface area (Å²) in [4.78, 5) is 24.7. The first-order valence-electron chi connectivity index (χ1n) is 14.4. The van der Waals surface area contributed by atoms with Gasteiger partial charge in [-0.2, -0.15) is 0 Å². The molecule has 0 aromatic carbocycles. The molecule has 0 N–H and O–H groups in total. The van der Waals surface area contributed by atoms with Gasteiger partial charge in [-0.3, -0.25) is 9.59 Å². The molecule has 6 atom stereocenters. The zero-order valence-electron chi connectivity index (χ0n) is 22.0. The summed E-state index contributed by atoms with van der Waals surface area (Å²) in [5, 5.41) is 0. The van der Waals surface area contributed by atoms with E-state index in [9.17, 15) is 9.59 Å². The number of Topliss-reactive ketones (excluding diaryl/α,β-unsaturated/α-hetero) is 1. The van der Waals surface area contributed by atoms with Crippen molar-refractivity contribution >= 4 is 11.8 Å². The van der Waals surface area contributed by atoms with Crippen molar-refractivity contribution in [3.8, 4) is 0 Å². The summed E-state index contributed by atoms with van der Waals surface area (Å²) in [6, 6.07) is 0. The average molecular weight is 473 g/mol. The van der Waals surface area contributed by atoms with E-state index in [0.717, 1.165) is 57.8 Å². The molecule has 4 aliphatic carbocycles. The van der Waals surface area contributed by atoms with E-state index in [1.807, 2.05) is 0 Å². The second-order valence-corrected chi connectivity index (χ2v) is 12.2. The van der Waals surface area contributed by atoms with Crippen LogP contribution in [0.1, 0.15) is 124 Å². The number of fused-ring (bicyclic) bond motifs is 5. The van der Waals surface area contributed by atoms with Crippen LogP contribution in [-0.4, -0.2) is 24.6 Å². The van der Waals surface area contributed by atoms with Crippen molar-refractivity contribution in [3.63, 3.8) is 0 Å². The van der Waals surface area contributed by atoms with Crippen LogP contribution in [0.4, 0.5) is 0 Å². The van der Waals surface area contributed by atoms with Gasteiger partial charge in [-0.05, 0) is 74.5 Å². The van der Waals surface area contributed by atoms with Crippen LogP contribution < -0.4 is 0 Å². The predicted molar refractivity (Wildman–Crippen MR) is 135 cm³/mol. The maximum absolute atomic E-state index is 12.6. The molecule has 3 saturated carbocycles. The molecule has 0 aromatic rings. The second-order valence-electron chi connectivity index (χ2n) is 12.2. The van der Waals surface area contributed by atoms with Crippen molar-refractivity contribution in [2.75, 3.05) is 6.79 Å². The molecular weight excluding hydrogens is 424 g/mol. The fourth-order valence-corrected chi connectivity index (χ4v) is 8.04. The van der Waals surface area contributed by atoms with Crippen LogP contribution in [0.25, 0.3) is 0 Å². The minimum Gasteiger partial charge on any atom is -0.438 e. The maximum atomic E-state index is 12.6. The standard InChI is InChI=1S/C30H48O4/c1-4-5-6-7-8-9-10-11-28(32)34-21-33-23-16-18-29(2)22(20-23)12-13-24-25-14-15-27(31)30(25,3)19-17-26(24)29/h12,23-26H,4-11,13-21H2,1-3H3/t23?,24-,25-,26+,29-,30-/m0/s1. The van der Waals surface area contributed by atoms with Crippen molar-refractivity contribution in [2.24, 2.45) is 28.6 Å². The number of allylic oxidation sites excluding steroid dienone is 1. The molecule has 0 radical (unpaired) electrons. The van der Waals surface area contributed by atoms with Crippen LogP contribution in [0, 0.1) is 28.6 Å². The van der Waals surface area contributed by atoms with Gasteiger partial charge in [-0.25, -0.2) is 0 Å². The monoisotopic (exact) mass is 472 g/mol. The van der Waals surface area contributed by atoms with Crippen molar-refractivity contribution in [1.82, 2.24) is 0 Å². The Kier molecular flexibility index (Phi) is 8.59. The first-order chi connectivity index (χ1) is 16.4. The normalized spacial score (nSPS) is 36.9. The summed E-state index contributed by atoms with van der Waals surface area (Å²) >= 11 is 0. The van der Waals surface area contributed by atoms with Gasteiger partial charge >= 0.3 is 5.97 Å². The average Bonchev–Trinajstić information content (AvgIpc) is 3.13. The minimum absolute atomic E-state index is 0.0535. The van der Waals surface area contributed by atoms with E-state index < -0.39 is 0 Å². The number of hydrogen-bond donors (Lipinski definition) is 0. The minimum atomic E-state index is -0.120. The number of carbonyl (C=O) groups is 2. The highest BCUT2D eigenvalue weighted by Gasteiger charge is 2.58. The zero-order valence-corrected chi connectivity index (χ0v) is 22.0. The van der Waals surface area contributed by atoms with Gasteiger partial charge in [-0.1, -0.05) is 70.9 Å². The highest BCUT2D eigenvalue weighted by molar-refractivity contribution is 5.87. The van der Waals surface area contributed by atoms with Crippen LogP contribution in [0.15, 0.2) is 11.6 Å². The van der Waals surface area contributed by atoms with Crippen LogP contribution in [0.2, 0.25) is 0 Å². The SMILES string of the molecule is CCCCCCCCCC(=O)OCOC1CC[C@@]2(C)C(=CC[C@@H]3[C@H]2CC[C@]2(C)C(=O)CC[C@@H]32)C1. The molecule has 0 spiro atoms. The Balaban J connectivity index is 1.20. The number of ketones is 1. The Morgan fingerprint density at radius 1 is 0.971 bits per heavy atom. The van der Waals surface area contributed by atoms with Gasteiger partial charge in [-0.15, -0.1) is 0 Å². The van der Waals surface area contributed by atoms with Crippen molar-refractivity contribution in [2.45, 2.75) is 130 Å². The fourth-order valence-electron chi connectivity index (χ4n) is 8.04. The summed E-state index contributed by atoms with van der Waals surface area (Å²) in [5.41, 5.74) is 1.76. The lowest BCUT2D eigenvalue weighted by Crippen LogP contribution is -2.50. The third-order valence-corrected chi connectivity index (χ3v) is 10.3. The molecule has 0 aromatic heterocycles. The summed E-state index contributed by atoms with van der Waals surface area (Å²) in [6.45, 7) is 7.06. The van der Waals surface area contributed by atoms with Crippen LogP contribution in [0.3, 0.4) is 0 Å². The quantitative estimate of drug-likeness (QED) is 0.135. The van der Waals surface area contributed by atoms with Gasteiger partial charge in [0.1, 0.15) is 5.78 Å². The first kappa shape index (κ1) is 25.9. The molecule has 0 heterocycles. The lowest BCUT2D eigenvalue weighted by Gasteiger charge is -2.57. The Hall–Kier alpha value is -1.16. The molecular formula is C30H48O4. The Bertz CT molecular complexity index is 757. The molecule has 0 saturated heterocycles. The fraction of sp³-hybridized carbons (Fsp3) is 0.867. The number of unbranched alkanes of at least 4 members (excludes halogenated alkanes) is 6. The molecule has 4 nitrogen and oxygen atoms in total. The molecule has 0 bridgehead atoms. The van der Waals surface area contributed by atoms with Gasteiger partial charge in [0.25, 0.3) is 0 Å². The van der Waals surface area contributed by atoms with Crippen molar-refractivity contribution in [1.29, 1.82) is 0 Å². The zero-order chi connectivity index (χ0) is 24.2. The van der Waals surface area contributed by atoms with E-state index >= 15 is 0 Å². The molecule has 4 heteroatoms. The third-order valence-electron chi connectivity index (χ3n) is 10.3. The van der Waals surface area contributed by atoms with Gasteiger partial charge in [0.15, 0.2) is 6.79 Å². The molecule has 1 unspecified atom stereocenters. The van der Waals surface area contributed by atoms with Crippen LogP contribution in [-0.2, 0) is 19.1 Å². The van der Waals surface area contributed by atoms with E-state index in [4.69, 9.17) is 9.47 Å². The number of esters is 1. The summed E-state index contributed by atoms with van der Waals surface area (Å²) in [5.74, 6) is 2.36. The largest absolute Gasteiger partial charge is 0.438 e. The number of ether oxygens (including phenoxy) is 2. The Morgan fingerprint density at radius 2 is 1.68 bits per heavy atom. The molecule has 0 aliphatic heterocycles. The van der Waals surface area contributed by atoms with E-state index in [1.165, 1.54) is 38.5 Å². The molecule has 192 valence electrons. The second kappa shape index (κ2) is 11.3. The lowest BCUT2D eigenvalue weighted by atomic mass is 9.48. The highest BCUT2D eigenvalue weighted by atomic mass is 16.7. The number of hydrogen-bond acceptors (Lipinski definition) is 4. The molecule has 4 aliphatic rings. The van der Waals surface area contributed by atoms with Gasteiger partial charge < -0.3 is 9.47 Å². The van der Waals surface area contributed by atoms with Crippen LogP contribution in [0.5, 0.6) is 0 Å². The van der Waals surface area contributed by atoms with Gasteiger partial charge in [0.2, 0.25) is 0 Å². The van der Waals surface area contributed by atoms with E-state index in [0.29, 0.717) is 30.0 Å². The smallest absolute Gasteiger partial charge is 0.307 e. The molecule has 0 amide bonds. The number of rotatable bonds is 11. The summed E-state index contributed by atoms with van der Waals surface area (Å²) in [6.07, 6.45) is 20.1. The summed E-state index contributed by atoms with van der Waals surface area (Å²) < 4.78 is 11.4. The van der Waals surface area contributed by atoms with Crippen molar-refractivity contribution < 1.29 is 19.1 Å². The van der Waals surface area contributed by atoms with E-state index in [2.05, 4.69) is 26.8 Å². The van der Waals surface area contributed by atoms with E-state index in [1.54, 1.807) is 5.57 Å². The molecule has 3 fully saturated rings. The Labute approximate surface area is 207 Å². The topological polar surface area (TPSA) is 52.6 Å². The molecule has 4 rings (SSSR count). The summed E-state index contributed by atoms with van der Waals surface area (Å²) in [7, 11) is 0. The predicted octanol–water partition coefficient (Wildman–Crippen LogP) is 7.54. The first-order valence-corrected chi connectivity index (χ1v) is 14.4. The Morgan fingerprint density at radius 3 is 2.47 bits per heavy atom. The maximum Gasteiger partial charge on any atom is 0.307 e. The molecule has 34 heavy (non-hydrogen) atoms. The van der Waals surface area contributed by atoms with Gasteiger partial charge in [0.05, 0.1) is 6.10 Å². The van der Waals surface area contributed by atoms with E-state index in [-0.39, 0.29) is 29.7 Å². The van der Waals surface area contributed by atoms with Gasteiger partial charge in [0, 0.05) is 18.3 Å². The van der Waals surface area contributed by atoms with Crippen molar-refractivity contribution in [3.05, 3.63) is 11.6 Å². The third kappa shape index (κ3) is 5.32. The lowest BCUT2D eigenvalue weighted by molar-refractivity contribution is -0.163. The highest BCUT2D eigenvalue weighted by Crippen LogP contribution is 2.64. The van der Waals surface area contributed by atoms with Crippen LogP contribution >= 0.6 is 0 Å².